The highest BCUT2D eigenvalue weighted by atomic mass is 16.5. The topological polar surface area (TPSA) is 74.3 Å². The summed E-state index contributed by atoms with van der Waals surface area (Å²) >= 11 is 0. The lowest BCUT2D eigenvalue weighted by atomic mass is 10.0. The third-order valence-corrected chi connectivity index (χ3v) is 3.43. The molecule has 0 bridgehead atoms. The predicted molar refractivity (Wildman–Crippen MR) is 83.7 cm³/mol. The summed E-state index contributed by atoms with van der Waals surface area (Å²) in [6.45, 7) is 6.14. The normalized spacial score (nSPS) is 11.2. The number of rotatable bonds is 7. The maximum absolute atomic E-state index is 12.2. The van der Waals surface area contributed by atoms with Crippen LogP contribution in [-0.2, 0) is 11.3 Å². The summed E-state index contributed by atoms with van der Waals surface area (Å²) in [5, 5.41) is 12.6. The molecule has 5 heteroatoms. The second-order valence-electron chi connectivity index (χ2n) is 5.12. The lowest BCUT2D eigenvalue weighted by molar-refractivity contribution is 0.0937. The monoisotopic (exact) mass is 290 g/mol. The molecule has 0 saturated heterocycles. The summed E-state index contributed by atoms with van der Waals surface area (Å²) in [7, 11) is 0. The molecule has 0 radical (unpaired) electrons. The molecule has 0 amide bonds. The van der Waals surface area contributed by atoms with Crippen LogP contribution in [0.4, 0.5) is 0 Å². The number of nitrogens with one attached hydrogen (secondary N) is 2. The summed E-state index contributed by atoms with van der Waals surface area (Å²) in [4.78, 5) is 15.6. The molecule has 0 unspecified atom stereocenters. The van der Waals surface area contributed by atoms with Crippen molar-refractivity contribution in [1.82, 2.24) is 10.3 Å². The summed E-state index contributed by atoms with van der Waals surface area (Å²) in [5.41, 5.74) is 3.90. The number of aryl methyl sites for hydroxylation is 2. The molecule has 21 heavy (non-hydrogen) atoms. The van der Waals surface area contributed by atoms with Crippen LogP contribution in [0, 0.1) is 13.8 Å². The number of aromatic amines is 1. The Morgan fingerprint density at radius 1 is 1.24 bits per heavy atom. The Morgan fingerprint density at radius 2 is 2.00 bits per heavy atom. The number of aromatic nitrogens is 1. The first-order chi connectivity index (χ1) is 10.1. The molecule has 1 heterocycles. The number of hydrogen-bond donors (Lipinski definition) is 3. The van der Waals surface area contributed by atoms with Gasteiger partial charge in [0, 0.05) is 30.2 Å². The highest BCUT2D eigenvalue weighted by Gasteiger charge is 2.07. The average molecular weight is 290 g/mol. The van der Waals surface area contributed by atoms with E-state index < -0.39 is 0 Å². The number of benzene rings is 1. The molecule has 0 spiro atoms. The Kier molecular flexibility index (Phi) is 5.50. The number of H-pyrrole nitrogens is 1. The molecule has 0 fully saturated rings. The molecular formula is C16H22N2O3. The van der Waals surface area contributed by atoms with Gasteiger partial charge in [-0.25, -0.2) is 0 Å². The van der Waals surface area contributed by atoms with E-state index in [-0.39, 0.29) is 12.0 Å². The van der Waals surface area contributed by atoms with E-state index in [0.29, 0.717) is 26.3 Å². The highest BCUT2D eigenvalue weighted by molar-refractivity contribution is 5.84. The first-order valence-electron chi connectivity index (χ1n) is 7.15. The first kappa shape index (κ1) is 15.7. The molecule has 114 valence electrons. The minimum atomic E-state index is 0.0383. The van der Waals surface area contributed by atoms with Gasteiger partial charge in [0.1, 0.15) is 0 Å². The number of ether oxygens (including phenoxy) is 1. The summed E-state index contributed by atoms with van der Waals surface area (Å²) in [5.74, 6) is 0. The Bertz CT molecular complexity index is 664. The average Bonchev–Trinajstić information content (AvgIpc) is 2.46. The predicted octanol–water partition coefficient (Wildman–Crippen LogP) is 1.24. The second-order valence-corrected chi connectivity index (χ2v) is 5.12. The van der Waals surface area contributed by atoms with E-state index in [1.807, 2.05) is 26.0 Å². The van der Waals surface area contributed by atoms with E-state index in [2.05, 4.69) is 10.3 Å². The molecule has 5 nitrogen and oxygen atoms in total. The van der Waals surface area contributed by atoms with Gasteiger partial charge >= 0.3 is 0 Å². The second kappa shape index (κ2) is 7.36. The van der Waals surface area contributed by atoms with E-state index in [1.54, 1.807) is 6.07 Å². The molecule has 2 aromatic rings. The van der Waals surface area contributed by atoms with Gasteiger partial charge < -0.3 is 20.1 Å². The van der Waals surface area contributed by atoms with Crippen LogP contribution in [0.3, 0.4) is 0 Å². The summed E-state index contributed by atoms with van der Waals surface area (Å²) in [6.07, 6.45) is 0. The zero-order valence-corrected chi connectivity index (χ0v) is 12.5. The molecule has 0 atom stereocenters. The molecule has 2 rings (SSSR count). The van der Waals surface area contributed by atoms with Crippen LogP contribution in [0.2, 0.25) is 0 Å². The van der Waals surface area contributed by atoms with Crippen LogP contribution < -0.4 is 10.7 Å². The molecule has 3 N–H and O–H groups in total. The number of hydrogen-bond acceptors (Lipinski definition) is 4. The molecule has 0 aliphatic carbocycles. The minimum Gasteiger partial charge on any atom is -0.394 e. The quantitative estimate of drug-likeness (QED) is 0.671. The number of fused-ring (bicyclic) bond motifs is 1. The van der Waals surface area contributed by atoms with Crippen molar-refractivity contribution in [2.24, 2.45) is 0 Å². The van der Waals surface area contributed by atoms with E-state index >= 15 is 0 Å². The van der Waals surface area contributed by atoms with E-state index in [9.17, 15) is 4.79 Å². The van der Waals surface area contributed by atoms with Gasteiger partial charge in [-0.15, -0.1) is 0 Å². The van der Waals surface area contributed by atoms with Crippen molar-refractivity contribution in [3.05, 3.63) is 45.2 Å². The Labute approximate surface area is 124 Å². The first-order valence-corrected chi connectivity index (χ1v) is 7.15. The summed E-state index contributed by atoms with van der Waals surface area (Å²) in [6, 6.07) is 5.65. The van der Waals surface area contributed by atoms with Crippen LogP contribution in [0.1, 0.15) is 16.8 Å². The van der Waals surface area contributed by atoms with E-state index in [0.717, 1.165) is 27.7 Å². The molecule has 0 saturated carbocycles. The smallest absolute Gasteiger partial charge is 0.189 e. The van der Waals surface area contributed by atoms with Crippen LogP contribution >= 0.6 is 0 Å². The van der Waals surface area contributed by atoms with E-state index in [4.69, 9.17) is 9.84 Å². The zero-order valence-electron chi connectivity index (χ0n) is 12.5. The summed E-state index contributed by atoms with van der Waals surface area (Å²) < 4.78 is 5.17. The van der Waals surface area contributed by atoms with Crippen LogP contribution in [-0.4, -0.2) is 36.5 Å². The largest absolute Gasteiger partial charge is 0.394 e. The van der Waals surface area contributed by atoms with Gasteiger partial charge in [0.15, 0.2) is 5.43 Å². The van der Waals surface area contributed by atoms with Gasteiger partial charge in [0.25, 0.3) is 0 Å². The van der Waals surface area contributed by atoms with Crippen molar-refractivity contribution >= 4 is 10.9 Å². The fourth-order valence-electron chi connectivity index (χ4n) is 2.35. The number of pyridine rings is 1. The Balaban J connectivity index is 2.08. The van der Waals surface area contributed by atoms with Crippen molar-refractivity contribution in [3.63, 3.8) is 0 Å². The van der Waals surface area contributed by atoms with Crippen molar-refractivity contribution in [2.45, 2.75) is 20.4 Å². The van der Waals surface area contributed by atoms with Gasteiger partial charge in [-0.05, 0) is 25.0 Å². The molecule has 0 aliphatic rings. The van der Waals surface area contributed by atoms with E-state index in [1.165, 1.54) is 0 Å². The van der Waals surface area contributed by atoms with Gasteiger partial charge in [0.2, 0.25) is 0 Å². The van der Waals surface area contributed by atoms with Crippen molar-refractivity contribution < 1.29 is 9.84 Å². The van der Waals surface area contributed by atoms with Crippen LogP contribution in [0.5, 0.6) is 0 Å². The lowest BCUT2D eigenvalue weighted by Crippen LogP contribution is -2.21. The zero-order chi connectivity index (χ0) is 15.2. The van der Waals surface area contributed by atoms with Gasteiger partial charge in [-0.1, -0.05) is 12.1 Å². The number of aliphatic hydroxyl groups is 1. The van der Waals surface area contributed by atoms with Crippen LogP contribution in [0.25, 0.3) is 10.9 Å². The SMILES string of the molecule is Cc1ccc(C)c2c(=O)cc(CNCCOCCO)[nH]c12. The maximum atomic E-state index is 12.2. The van der Waals surface area contributed by atoms with Crippen molar-refractivity contribution in [1.29, 1.82) is 0 Å². The van der Waals surface area contributed by atoms with Gasteiger partial charge in [0.05, 0.1) is 25.3 Å². The van der Waals surface area contributed by atoms with Crippen molar-refractivity contribution in [2.75, 3.05) is 26.4 Å². The molecule has 1 aromatic heterocycles. The molecule has 0 aliphatic heterocycles. The van der Waals surface area contributed by atoms with Crippen molar-refractivity contribution in [3.8, 4) is 0 Å². The Morgan fingerprint density at radius 3 is 2.76 bits per heavy atom. The van der Waals surface area contributed by atoms with Gasteiger partial charge in [-0.3, -0.25) is 4.79 Å². The number of aliphatic hydroxyl groups excluding tert-OH is 1. The standard InChI is InChI=1S/C16H22N2O3/c1-11-3-4-12(2)16-15(11)14(20)9-13(18-16)10-17-5-7-21-8-6-19/h3-4,9,17,19H,5-8,10H2,1-2H3,(H,18,20). The molecule has 1 aromatic carbocycles. The highest BCUT2D eigenvalue weighted by Crippen LogP contribution is 2.17. The van der Waals surface area contributed by atoms with Gasteiger partial charge in [-0.2, -0.15) is 0 Å². The van der Waals surface area contributed by atoms with Crippen LogP contribution in [0.15, 0.2) is 23.0 Å². The maximum Gasteiger partial charge on any atom is 0.189 e. The minimum absolute atomic E-state index is 0.0383. The fraction of sp³-hybridized carbons (Fsp3) is 0.438. The third kappa shape index (κ3) is 3.91. The lowest BCUT2D eigenvalue weighted by Gasteiger charge is -2.09. The Hall–Kier alpha value is -1.69. The fourth-order valence-corrected chi connectivity index (χ4v) is 2.35. The third-order valence-electron chi connectivity index (χ3n) is 3.43. The molecular weight excluding hydrogens is 268 g/mol.